The molecule has 0 spiro atoms. The number of amides is 1. The molecular weight excluding hydrogens is 439 g/mol. The standard InChI is InChI=1S/C27H22F3N3O/c28-27(29,30)22-11-5-7-13-25(22)32-14-16-33(17-15-32)26(34)21-18-24(19-8-2-1-3-9-19)31-23-12-6-4-10-20(21)23/h1-13,18H,14-17H2. The average molecular weight is 461 g/mol. The van der Waals surface area contributed by atoms with E-state index < -0.39 is 11.7 Å². The Hall–Kier alpha value is -3.87. The second-order valence-corrected chi connectivity index (χ2v) is 8.23. The van der Waals surface area contributed by atoms with Gasteiger partial charge in [0, 0.05) is 42.8 Å². The Morgan fingerprint density at radius 2 is 1.44 bits per heavy atom. The summed E-state index contributed by atoms with van der Waals surface area (Å²) in [5, 5.41) is 0.761. The molecule has 0 bridgehead atoms. The maximum atomic E-state index is 13.6. The summed E-state index contributed by atoms with van der Waals surface area (Å²) in [5.41, 5.74) is 2.40. The molecule has 1 fully saturated rings. The lowest BCUT2D eigenvalue weighted by molar-refractivity contribution is -0.137. The van der Waals surface area contributed by atoms with Crippen molar-refractivity contribution in [3.8, 4) is 11.3 Å². The van der Waals surface area contributed by atoms with Gasteiger partial charge in [-0.1, -0.05) is 60.7 Å². The Labute approximate surface area is 195 Å². The van der Waals surface area contributed by atoms with E-state index in [1.807, 2.05) is 60.7 Å². The normalized spacial score (nSPS) is 14.4. The van der Waals surface area contributed by atoms with Crippen LogP contribution >= 0.6 is 0 Å². The number of rotatable bonds is 3. The van der Waals surface area contributed by atoms with Crippen LogP contribution in [0, 0.1) is 0 Å². The maximum Gasteiger partial charge on any atom is 0.418 e. The van der Waals surface area contributed by atoms with Gasteiger partial charge >= 0.3 is 6.18 Å². The summed E-state index contributed by atoms with van der Waals surface area (Å²) in [6.45, 7) is 1.32. The number of benzene rings is 3. The Morgan fingerprint density at radius 1 is 0.794 bits per heavy atom. The van der Waals surface area contributed by atoms with Gasteiger partial charge in [-0.2, -0.15) is 13.2 Å². The van der Waals surface area contributed by atoms with Crippen molar-refractivity contribution in [3.63, 3.8) is 0 Å². The lowest BCUT2D eigenvalue weighted by Gasteiger charge is -2.37. The highest BCUT2D eigenvalue weighted by molar-refractivity contribution is 6.07. The van der Waals surface area contributed by atoms with Crippen LogP contribution < -0.4 is 4.90 Å². The number of pyridine rings is 1. The molecule has 3 aromatic carbocycles. The van der Waals surface area contributed by atoms with Crippen LogP contribution in [0.4, 0.5) is 18.9 Å². The third-order valence-electron chi connectivity index (χ3n) is 6.13. The minimum atomic E-state index is -4.42. The molecule has 1 amide bonds. The smallest absolute Gasteiger partial charge is 0.367 e. The van der Waals surface area contributed by atoms with Crippen LogP contribution in [0.25, 0.3) is 22.2 Å². The molecule has 1 aromatic heterocycles. The number of fused-ring (bicyclic) bond motifs is 1. The Bertz CT molecular complexity index is 1330. The molecule has 0 radical (unpaired) electrons. The monoisotopic (exact) mass is 461 g/mol. The van der Waals surface area contributed by atoms with Gasteiger partial charge in [-0.15, -0.1) is 0 Å². The average Bonchev–Trinajstić information content (AvgIpc) is 2.88. The molecule has 4 nitrogen and oxygen atoms in total. The molecule has 1 saturated heterocycles. The van der Waals surface area contributed by atoms with Crippen LogP contribution in [0.2, 0.25) is 0 Å². The van der Waals surface area contributed by atoms with Gasteiger partial charge in [-0.25, -0.2) is 4.98 Å². The topological polar surface area (TPSA) is 36.4 Å². The lowest BCUT2D eigenvalue weighted by atomic mass is 10.0. The van der Waals surface area contributed by atoms with Gasteiger partial charge in [0.05, 0.1) is 22.3 Å². The maximum absolute atomic E-state index is 13.6. The van der Waals surface area contributed by atoms with Crippen molar-refractivity contribution in [1.82, 2.24) is 9.88 Å². The molecule has 4 aromatic rings. The Balaban J connectivity index is 1.42. The Morgan fingerprint density at radius 3 is 2.18 bits per heavy atom. The molecular formula is C27H22F3N3O. The SMILES string of the molecule is O=C(c1cc(-c2ccccc2)nc2ccccc12)N1CCN(c2ccccc2C(F)(F)F)CC1. The van der Waals surface area contributed by atoms with E-state index in [-0.39, 0.29) is 11.6 Å². The summed E-state index contributed by atoms with van der Waals surface area (Å²) in [7, 11) is 0. The Kier molecular flexibility index (Phi) is 5.69. The minimum Gasteiger partial charge on any atom is -0.367 e. The fraction of sp³-hybridized carbons (Fsp3) is 0.185. The summed E-state index contributed by atoms with van der Waals surface area (Å²) >= 11 is 0. The lowest BCUT2D eigenvalue weighted by Crippen LogP contribution is -2.49. The molecule has 0 saturated carbocycles. The van der Waals surface area contributed by atoms with Gasteiger partial charge in [0.2, 0.25) is 0 Å². The van der Waals surface area contributed by atoms with Gasteiger partial charge in [-0.05, 0) is 24.3 Å². The zero-order valence-corrected chi connectivity index (χ0v) is 18.3. The van der Waals surface area contributed by atoms with Crippen molar-refractivity contribution in [2.24, 2.45) is 0 Å². The highest BCUT2D eigenvalue weighted by Crippen LogP contribution is 2.37. The molecule has 7 heteroatoms. The van der Waals surface area contributed by atoms with Gasteiger partial charge in [0.1, 0.15) is 0 Å². The molecule has 1 aliphatic rings. The summed E-state index contributed by atoms with van der Waals surface area (Å²) in [6, 6.07) is 24.6. The van der Waals surface area contributed by atoms with E-state index in [2.05, 4.69) is 0 Å². The van der Waals surface area contributed by atoms with Gasteiger partial charge in [0.15, 0.2) is 0 Å². The highest BCUT2D eigenvalue weighted by Gasteiger charge is 2.35. The van der Waals surface area contributed by atoms with Gasteiger partial charge in [-0.3, -0.25) is 4.79 Å². The van der Waals surface area contributed by atoms with E-state index in [0.717, 1.165) is 22.5 Å². The van der Waals surface area contributed by atoms with Crippen LogP contribution in [-0.4, -0.2) is 42.0 Å². The number of aromatic nitrogens is 1. The summed E-state index contributed by atoms with van der Waals surface area (Å²) in [4.78, 5) is 21.7. The number of carbonyl (C=O) groups excluding carboxylic acids is 1. The van der Waals surface area contributed by atoms with Crippen LogP contribution in [0.1, 0.15) is 15.9 Å². The van der Waals surface area contributed by atoms with E-state index in [0.29, 0.717) is 37.4 Å². The van der Waals surface area contributed by atoms with E-state index >= 15 is 0 Å². The van der Waals surface area contributed by atoms with Crippen LogP contribution in [0.3, 0.4) is 0 Å². The number of para-hydroxylation sites is 2. The number of piperazine rings is 1. The summed E-state index contributed by atoms with van der Waals surface area (Å²) in [6.07, 6.45) is -4.42. The second-order valence-electron chi connectivity index (χ2n) is 8.23. The molecule has 34 heavy (non-hydrogen) atoms. The largest absolute Gasteiger partial charge is 0.418 e. The minimum absolute atomic E-state index is 0.139. The quantitative estimate of drug-likeness (QED) is 0.382. The predicted octanol–water partition coefficient (Wildman–Crippen LogP) is 5.88. The van der Waals surface area contributed by atoms with Crippen molar-refractivity contribution >= 4 is 22.5 Å². The van der Waals surface area contributed by atoms with E-state index in [4.69, 9.17) is 4.98 Å². The van der Waals surface area contributed by atoms with Crippen molar-refractivity contribution in [3.05, 3.63) is 96.1 Å². The number of alkyl halides is 3. The summed E-state index contributed by atoms with van der Waals surface area (Å²) in [5.74, 6) is -0.139. The number of hydrogen-bond donors (Lipinski definition) is 0. The third-order valence-corrected chi connectivity index (χ3v) is 6.13. The highest BCUT2D eigenvalue weighted by atomic mass is 19.4. The van der Waals surface area contributed by atoms with Crippen molar-refractivity contribution in [2.45, 2.75) is 6.18 Å². The van der Waals surface area contributed by atoms with Crippen LogP contribution in [0.5, 0.6) is 0 Å². The molecule has 0 aliphatic carbocycles. The first-order valence-electron chi connectivity index (χ1n) is 11.1. The molecule has 2 heterocycles. The first-order valence-corrected chi connectivity index (χ1v) is 11.1. The zero-order valence-electron chi connectivity index (χ0n) is 18.3. The number of carbonyl (C=O) groups is 1. The van der Waals surface area contributed by atoms with Gasteiger partial charge < -0.3 is 9.80 Å². The number of nitrogens with zero attached hydrogens (tertiary/aromatic N) is 3. The molecule has 0 N–H and O–H groups in total. The van der Waals surface area contributed by atoms with Crippen LogP contribution in [0.15, 0.2) is 84.9 Å². The first kappa shape index (κ1) is 21.9. The molecule has 172 valence electrons. The van der Waals surface area contributed by atoms with E-state index in [1.54, 1.807) is 15.9 Å². The molecule has 0 atom stereocenters. The van der Waals surface area contributed by atoms with Crippen LogP contribution in [-0.2, 0) is 6.18 Å². The van der Waals surface area contributed by atoms with Gasteiger partial charge in [0.25, 0.3) is 5.91 Å². The fourth-order valence-electron chi connectivity index (χ4n) is 4.42. The molecule has 1 aliphatic heterocycles. The predicted molar refractivity (Wildman–Crippen MR) is 127 cm³/mol. The zero-order chi connectivity index (χ0) is 23.7. The number of halogens is 3. The first-order chi connectivity index (χ1) is 16.4. The van der Waals surface area contributed by atoms with Crippen molar-refractivity contribution in [1.29, 1.82) is 0 Å². The summed E-state index contributed by atoms with van der Waals surface area (Å²) < 4.78 is 40.4. The number of hydrogen-bond acceptors (Lipinski definition) is 3. The van der Waals surface area contributed by atoms with Crippen molar-refractivity contribution in [2.75, 3.05) is 31.1 Å². The second kappa shape index (κ2) is 8.82. The van der Waals surface area contributed by atoms with E-state index in [9.17, 15) is 18.0 Å². The third kappa shape index (κ3) is 4.21. The molecule has 5 rings (SSSR count). The fourth-order valence-corrected chi connectivity index (χ4v) is 4.42. The van der Waals surface area contributed by atoms with Crippen molar-refractivity contribution < 1.29 is 18.0 Å². The van der Waals surface area contributed by atoms with E-state index in [1.165, 1.54) is 12.1 Å². The number of anilines is 1. The molecule has 0 unspecified atom stereocenters.